The van der Waals surface area contributed by atoms with E-state index in [-0.39, 0.29) is 5.41 Å². The van der Waals surface area contributed by atoms with Crippen LogP contribution in [0, 0.1) is 16.7 Å². The van der Waals surface area contributed by atoms with E-state index in [1.165, 1.54) is 86.5 Å². The zero-order chi connectivity index (χ0) is 23.4. The number of aryl methyl sites for hydroxylation is 1. The lowest BCUT2D eigenvalue weighted by molar-refractivity contribution is 0.223. The van der Waals surface area contributed by atoms with Crippen LogP contribution in [0.5, 0.6) is 0 Å². The van der Waals surface area contributed by atoms with Crippen LogP contribution >= 0.6 is 0 Å². The molecule has 0 radical (unpaired) electrons. The lowest BCUT2D eigenvalue weighted by atomic mass is 9.67. The van der Waals surface area contributed by atoms with Gasteiger partial charge in [0.1, 0.15) is 0 Å². The van der Waals surface area contributed by atoms with Gasteiger partial charge in [-0.25, -0.2) is 0 Å². The molecule has 0 unspecified atom stereocenters. The second-order valence-corrected chi connectivity index (χ2v) is 10.5. The number of benzene rings is 2. The summed E-state index contributed by atoms with van der Waals surface area (Å²) in [6.07, 6.45) is 18.6. The summed E-state index contributed by atoms with van der Waals surface area (Å²) in [4.78, 5) is 0. The fourth-order valence-electron chi connectivity index (χ4n) is 5.56. The summed E-state index contributed by atoms with van der Waals surface area (Å²) in [6.45, 7) is 4.53. The van der Waals surface area contributed by atoms with Crippen molar-refractivity contribution < 1.29 is 0 Å². The zero-order valence-electron chi connectivity index (χ0n) is 21.2. The minimum Gasteiger partial charge on any atom is -0.198 e. The van der Waals surface area contributed by atoms with Crippen molar-refractivity contribution in [1.82, 2.24) is 0 Å². The number of rotatable bonds is 13. The number of hydrogen-bond donors (Lipinski definition) is 0. The van der Waals surface area contributed by atoms with Crippen molar-refractivity contribution >= 4 is 0 Å². The lowest BCUT2D eigenvalue weighted by Crippen LogP contribution is -2.25. The maximum Gasteiger partial charge on any atom is 0.0689 e. The largest absolute Gasteiger partial charge is 0.198 e. The molecule has 0 bridgehead atoms. The summed E-state index contributed by atoms with van der Waals surface area (Å²) in [5.74, 6) is 0.617. The van der Waals surface area contributed by atoms with Crippen molar-refractivity contribution in [3.8, 4) is 17.2 Å². The predicted molar refractivity (Wildman–Crippen MR) is 142 cm³/mol. The van der Waals surface area contributed by atoms with Gasteiger partial charge in [0.25, 0.3) is 0 Å². The Morgan fingerprint density at radius 3 is 1.85 bits per heavy atom. The van der Waals surface area contributed by atoms with Crippen molar-refractivity contribution in [2.45, 2.75) is 116 Å². The monoisotopic (exact) mass is 443 g/mol. The van der Waals surface area contributed by atoms with Gasteiger partial charge in [-0.1, -0.05) is 114 Å². The summed E-state index contributed by atoms with van der Waals surface area (Å²) in [5.41, 5.74) is 5.49. The molecular weight excluding hydrogens is 398 g/mol. The van der Waals surface area contributed by atoms with E-state index in [0.717, 1.165) is 32.1 Å². The van der Waals surface area contributed by atoms with Crippen LogP contribution in [0.2, 0.25) is 0 Å². The Balaban J connectivity index is 1.50. The molecule has 2 aromatic rings. The summed E-state index contributed by atoms with van der Waals surface area (Å²) in [6, 6.07) is 21.2. The van der Waals surface area contributed by atoms with E-state index in [2.05, 4.69) is 68.4 Å². The summed E-state index contributed by atoms with van der Waals surface area (Å²) in [7, 11) is 0. The third kappa shape index (κ3) is 7.74. The molecule has 3 rings (SSSR count). The first-order valence-electron chi connectivity index (χ1n) is 13.8. The zero-order valence-corrected chi connectivity index (χ0v) is 21.2. The molecule has 0 atom stereocenters. The first-order valence-corrected chi connectivity index (χ1v) is 13.8. The molecule has 0 aliphatic heterocycles. The molecule has 0 aromatic heterocycles. The van der Waals surface area contributed by atoms with E-state index in [4.69, 9.17) is 0 Å². The first-order chi connectivity index (χ1) is 16.2. The first kappa shape index (κ1) is 25.6. The quantitative estimate of drug-likeness (QED) is 0.282. The van der Waals surface area contributed by atoms with Gasteiger partial charge in [0, 0.05) is 0 Å². The van der Waals surface area contributed by atoms with Crippen molar-refractivity contribution in [3.05, 3.63) is 59.7 Å². The van der Waals surface area contributed by atoms with Gasteiger partial charge in [0.05, 0.1) is 11.5 Å². The summed E-state index contributed by atoms with van der Waals surface area (Å²) < 4.78 is 0. The third-order valence-corrected chi connectivity index (χ3v) is 7.93. The molecule has 0 heterocycles. The summed E-state index contributed by atoms with van der Waals surface area (Å²) >= 11 is 0. The molecule has 33 heavy (non-hydrogen) atoms. The van der Waals surface area contributed by atoms with Crippen molar-refractivity contribution in [3.63, 3.8) is 0 Å². The topological polar surface area (TPSA) is 23.8 Å². The SMILES string of the molecule is CCCCCCCc1ccc(-c2ccc(C3CCC(C#N)(CCCCCC)CC3)cc2)cc1. The van der Waals surface area contributed by atoms with E-state index in [0.29, 0.717) is 5.92 Å². The fraction of sp³-hybridized carbons (Fsp3) is 0.594. The second kappa shape index (κ2) is 13.6. The predicted octanol–water partition coefficient (Wildman–Crippen LogP) is 10.0. The van der Waals surface area contributed by atoms with E-state index >= 15 is 0 Å². The lowest BCUT2D eigenvalue weighted by Gasteiger charge is -2.35. The molecule has 0 saturated heterocycles. The normalized spacial score (nSPS) is 20.5. The van der Waals surface area contributed by atoms with Crippen LogP contribution in [-0.2, 0) is 6.42 Å². The number of unbranched alkanes of at least 4 members (excludes halogenated alkanes) is 7. The van der Waals surface area contributed by atoms with Crippen LogP contribution in [-0.4, -0.2) is 0 Å². The highest BCUT2D eigenvalue weighted by Gasteiger charge is 2.35. The van der Waals surface area contributed by atoms with Crippen molar-refractivity contribution in [2.75, 3.05) is 0 Å². The van der Waals surface area contributed by atoms with Gasteiger partial charge in [0.15, 0.2) is 0 Å². The minimum atomic E-state index is -0.0536. The number of hydrogen-bond acceptors (Lipinski definition) is 1. The van der Waals surface area contributed by atoms with Crippen LogP contribution in [0.15, 0.2) is 48.5 Å². The van der Waals surface area contributed by atoms with Gasteiger partial charge in [-0.3, -0.25) is 0 Å². The van der Waals surface area contributed by atoms with Gasteiger partial charge in [0.2, 0.25) is 0 Å². The Morgan fingerprint density at radius 1 is 0.727 bits per heavy atom. The maximum atomic E-state index is 9.87. The Kier molecular flexibility index (Phi) is 10.5. The molecule has 1 nitrogen and oxygen atoms in total. The van der Waals surface area contributed by atoms with Gasteiger partial charge >= 0.3 is 0 Å². The minimum absolute atomic E-state index is 0.0536. The van der Waals surface area contributed by atoms with E-state index in [9.17, 15) is 5.26 Å². The highest BCUT2D eigenvalue weighted by molar-refractivity contribution is 5.64. The molecule has 1 saturated carbocycles. The van der Waals surface area contributed by atoms with E-state index < -0.39 is 0 Å². The molecular formula is C32H45N. The number of nitrogens with zero attached hydrogens (tertiary/aromatic N) is 1. The van der Waals surface area contributed by atoms with Gasteiger partial charge in [-0.15, -0.1) is 0 Å². The van der Waals surface area contributed by atoms with Crippen molar-refractivity contribution in [1.29, 1.82) is 5.26 Å². The highest BCUT2D eigenvalue weighted by Crippen LogP contribution is 2.45. The Morgan fingerprint density at radius 2 is 1.27 bits per heavy atom. The van der Waals surface area contributed by atoms with E-state index in [1.807, 2.05) is 0 Å². The Hall–Kier alpha value is -2.07. The molecule has 1 heteroatoms. The van der Waals surface area contributed by atoms with Gasteiger partial charge in [-0.2, -0.15) is 5.26 Å². The summed E-state index contributed by atoms with van der Waals surface area (Å²) in [5, 5.41) is 9.87. The molecule has 1 fully saturated rings. The smallest absolute Gasteiger partial charge is 0.0689 e. The molecule has 0 spiro atoms. The van der Waals surface area contributed by atoms with Gasteiger partial charge < -0.3 is 0 Å². The van der Waals surface area contributed by atoms with Crippen LogP contribution in [0.25, 0.3) is 11.1 Å². The molecule has 2 aromatic carbocycles. The van der Waals surface area contributed by atoms with Crippen LogP contribution in [0.4, 0.5) is 0 Å². The number of nitriles is 1. The fourth-order valence-corrected chi connectivity index (χ4v) is 5.56. The van der Waals surface area contributed by atoms with Crippen LogP contribution < -0.4 is 0 Å². The van der Waals surface area contributed by atoms with E-state index in [1.54, 1.807) is 0 Å². The molecule has 178 valence electrons. The standard InChI is InChI=1S/C32H45N/c1-3-5-7-9-10-12-27-13-15-28(16-14-27)29-17-19-30(20-18-29)31-21-24-32(26-33,25-22-31)23-11-8-6-4-2/h13-20,31H,3-12,21-25H2,1-2H3. The van der Waals surface area contributed by atoms with Crippen LogP contribution in [0.1, 0.15) is 121 Å². The third-order valence-electron chi connectivity index (χ3n) is 7.93. The van der Waals surface area contributed by atoms with Crippen molar-refractivity contribution in [2.24, 2.45) is 5.41 Å². The molecule has 1 aliphatic carbocycles. The molecule has 0 N–H and O–H groups in total. The van der Waals surface area contributed by atoms with Gasteiger partial charge in [-0.05, 0) is 73.1 Å². The van der Waals surface area contributed by atoms with Crippen LogP contribution in [0.3, 0.4) is 0 Å². The Bertz CT molecular complexity index is 832. The second-order valence-electron chi connectivity index (χ2n) is 10.5. The average Bonchev–Trinajstić information content (AvgIpc) is 2.87. The average molecular weight is 444 g/mol. The molecule has 0 amide bonds. The maximum absolute atomic E-state index is 9.87. The highest BCUT2D eigenvalue weighted by atomic mass is 14.4. The molecule has 1 aliphatic rings. The Labute approximate surface area is 203 Å².